The Bertz CT molecular complexity index is 384. The highest BCUT2D eigenvalue weighted by atomic mass is 32.2. The number of hydrogen-bond acceptors (Lipinski definition) is 8. The van der Waals surface area contributed by atoms with Gasteiger partial charge >= 0.3 is 11.9 Å². The molecule has 0 radical (unpaired) electrons. The minimum absolute atomic E-state index is 0.573. The molecule has 0 spiro atoms. The molecular formula is C16H35N3O5S3. The van der Waals surface area contributed by atoms with E-state index >= 15 is 0 Å². The van der Waals surface area contributed by atoms with E-state index < -0.39 is 24.0 Å². The first-order valence-corrected chi connectivity index (χ1v) is 12.1. The number of nitrogens with two attached hydrogens (primary N) is 2. The first-order chi connectivity index (χ1) is 12.9. The minimum atomic E-state index is -0.897. The van der Waals surface area contributed by atoms with Crippen molar-refractivity contribution in [3.63, 3.8) is 0 Å². The van der Waals surface area contributed by atoms with Crippen molar-refractivity contribution in [3.05, 3.63) is 0 Å². The van der Waals surface area contributed by atoms with Gasteiger partial charge < -0.3 is 21.7 Å². The van der Waals surface area contributed by atoms with E-state index in [1.54, 1.807) is 23.5 Å². The molecule has 1 rings (SSSR count). The van der Waals surface area contributed by atoms with Gasteiger partial charge in [-0.25, -0.2) is 0 Å². The van der Waals surface area contributed by atoms with Crippen LogP contribution in [0.2, 0.25) is 0 Å². The molecule has 2 atom stereocenters. The Kier molecular flexibility index (Phi) is 23.0. The van der Waals surface area contributed by atoms with Gasteiger partial charge in [-0.15, -0.1) is 4.55 Å². The zero-order chi connectivity index (χ0) is 20.9. The van der Waals surface area contributed by atoms with Crippen LogP contribution in [0.25, 0.3) is 0 Å². The van der Waals surface area contributed by atoms with E-state index in [0.29, 0.717) is 12.8 Å². The van der Waals surface area contributed by atoms with Gasteiger partial charge in [-0.3, -0.25) is 13.5 Å². The number of unbranched alkanes of at least 4 members (excludes halogenated alkanes) is 2. The summed E-state index contributed by atoms with van der Waals surface area (Å²) >= 11 is 4.81. The van der Waals surface area contributed by atoms with Crippen LogP contribution in [0.1, 0.15) is 52.4 Å². The van der Waals surface area contributed by atoms with E-state index in [9.17, 15) is 9.59 Å². The Morgan fingerprint density at radius 1 is 0.926 bits per heavy atom. The summed E-state index contributed by atoms with van der Waals surface area (Å²) in [5.74, 6) is 2.14. The summed E-state index contributed by atoms with van der Waals surface area (Å²) in [6, 6.07) is -1.36. The minimum Gasteiger partial charge on any atom is -0.480 e. The van der Waals surface area contributed by atoms with Crippen LogP contribution < -0.4 is 11.5 Å². The van der Waals surface area contributed by atoms with Gasteiger partial charge in [0.1, 0.15) is 12.1 Å². The van der Waals surface area contributed by atoms with Crippen molar-refractivity contribution in [3.8, 4) is 0 Å². The molecule has 0 saturated heterocycles. The average molecular weight is 446 g/mol. The Hall–Kier alpha value is -0.620. The molecule has 0 aliphatic rings. The Morgan fingerprint density at radius 3 is 1.48 bits per heavy atom. The number of aliphatic carboxylic acids is 2. The fourth-order valence-corrected chi connectivity index (χ4v) is 3.60. The molecule has 0 bridgehead atoms. The van der Waals surface area contributed by atoms with Gasteiger partial charge in [0.05, 0.1) is 0 Å². The van der Waals surface area contributed by atoms with Crippen molar-refractivity contribution in [2.75, 3.05) is 23.0 Å². The smallest absolute Gasteiger partial charge is 0.320 e. The van der Waals surface area contributed by atoms with E-state index in [2.05, 4.69) is 22.3 Å². The van der Waals surface area contributed by atoms with Gasteiger partial charge in [0.25, 0.3) is 0 Å². The number of thioether (sulfide) groups is 2. The first kappa shape index (κ1) is 28.6. The van der Waals surface area contributed by atoms with Gasteiger partial charge in [-0.1, -0.05) is 26.7 Å². The maximum absolute atomic E-state index is 10.3. The van der Waals surface area contributed by atoms with Crippen LogP contribution in [0.4, 0.5) is 0 Å². The Labute approximate surface area is 174 Å². The monoisotopic (exact) mass is 445 g/mol. The lowest BCUT2D eigenvalue weighted by molar-refractivity contribution is -0.139. The highest BCUT2D eigenvalue weighted by molar-refractivity contribution is 7.99. The summed E-state index contributed by atoms with van der Waals surface area (Å²) in [4.78, 5) is 20.6. The number of hydrogen-bond donors (Lipinski definition) is 5. The van der Waals surface area contributed by atoms with Crippen molar-refractivity contribution in [2.24, 2.45) is 11.5 Å². The maximum atomic E-state index is 10.3. The zero-order valence-electron chi connectivity index (χ0n) is 16.2. The van der Waals surface area contributed by atoms with Crippen LogP contribution in [-0.4, -0.2) is 61.8 Å². The predicted molar refractivity (Wildman–Crippen MR) is 116 cm³/mol. The molecule has 1 aromatic rings. The van der Waals surface area contributed by atoms with Gasteiger partial charge in [-0.05, 0) is 48.7 Å². The number of carbonyl (C=O) groups is 2. The van der Waals surface area contributed by atoms with E-state index in [0.717, 1.165) is 23.0 Å². The van der Waals surface area contributed by atoms with Crippen molar-refractivity contribution < 1.29 is 23.8 Å². The summed E-state index contributed by atoms with van der Waals surface area (Å²) in [5, 5.41) is 16.9. The van der Waals surface area contributed by atoms with Crippen LogP contribution in [0, 0.1) is 0 Å². The maximum Gasteiger partial charge on any atom is 0.320 e. The molecule has 0 amide bonds. The van der Waals surface area contributed by atoms with E-state index in [4.69, 9.17) is 21.7 Å². The second kappa shape index (κ2) is 21.7. The molecule has 7 N–H and O–H groups in total. The molecule has 1 aromatic heterocycles. The third kappa shape index (κ3) is 27.7. The summed E-state index contributed by atoms with van der Waals surface area (Å²) in [7, 11) is 0. The van der Waals surface area contributed by atoms with E-state index in [1.807, 2.05) is 0 Å². The first-order valence-electron chi connectivity index (χ1n) is 9.06. The average Bonchev–Trinajstić information content (AvgIpc) is 3.50. The molecule has 0 unspecified atom stereocenters. The number of carboxylic acids is 2. The van der Waals surface area contributed by atoms with Gasteiger partial charge in [-0.2, -0.15) is 23.5 Å². The second-order valence-electron chi connectivity index (χ2n) is 5.65. The molecule has 0 aliphatic heterocycles. The van der Waals surface area contributed by atoms with Crippen LogP contribution >= 0.6 is 35.4 Å². The number of nitrogens with one attached hydrogen (secondary N) is 1. The molecule has 1 heterocycles. The molecule has 0 saturated carbocycles. The largest absolute Gasteiger partial charge is 0.480 e. The van der Waals surface area contributed by atoms with Crippen molar-refractivity contribution in [1.82, 2.24) is 4.55 Å². The van der Waals surface area contributed by atoms with Crippen molar-refractivity contribution >= 4 is 47.3 Å². The van der Waals surface area contributed by atoms with Gasteiger partial charge in [0.2, 0.25) is 0 Å². The molecule has 11 heteroatoms. The standard InChI is InChI=1S/2C8H17NO2S.HNOS/c2*1-2-3-5-12-6-4-7(9)8(10)11;1-2-3-1/h2*7H,2-6,9H2,1H3,(H,10,11);1H/t2*7-;/m00./s1. The lowest BCUT2D eigenvalue weighted by Crippen LogP contribution is -2.30. The van der Waals surface area contributed by atoms with Gasteiger partial charge in [0.15, 0.2) is 11.8 Å². The SMILES string of the molecule is CCCCSCC[C@H](N)C(=O)O.CCCCSCC[C@H](N)C(=O)O.[nH]1os1. The molecular weight excluding hydrogens is 410 g/mol. The number of aromatic amines is 1. The third-order valence-electron chi connectivity index (χ3n) is 3.15. The summed E-state index contributed by atoms with van der Waals surface area (Å²) < 4.78 is 6.58. The predicted octanol–water partition coefficient (Wildman–Crippen LogP) is 3.31. The number of aromatic nitrogens is 1. The number of H-pyrrole nitrogens is 1. The lowest BCUT2D eigenvalue weighted by atomic mass is 10.2. The van der Waals surface area contributed by atoms with Gasteiger partial charge in [0, 0.05) is 0 Å². The van der Waals surface area contributed by atoms with Crippen LogP contribution in [0.15, 0.2) is 3.96 Å². The molecule has 27 heavy (non-hydrogen) atoms. The van der Waals surface area contributed by atoms with E-state index in [-0.39, 0.29) is 0 Å². The van der Waals surface area contributed by atoms with Crippen molar-refractivity contribution in [2.45, 2.75) is 64.5 Å². The summed E-state index contributed by atoms with van der Waals surface area (Å²) in [6.07, 6.45) is 5.93. The quantitative estimate of drug-likeness (QED) is 0.271. The zero-order valence-corrected chi connectivity index (χ0v) is 18.7. The Balaban J connectivity index is 0. The topological polar surface area (TPSA) is 156 Å². The Morgan fingerprint density at radius 2 is 1.26 bits per heavy atom. The van der Waals surface area contributed by atoms with Crippen LogP contribution in [0.5, 0.6) is 0 Å². The molecule has 0 aromatic carbocycles. The fraction of sp³-hybridized carbons (Fsp3) is 0.875. The molecule has 8 nitrogen and oxygen atoms in total. The summed E-state index contributed by atoms with van der Waals surface area (Å²) in [6.45, 7) is 4.28. The van der Waals surface area contributed by atoms with Crippen molar-refractivity contribution in [1.29, 1.82) is 0 Å². The normalized spacial score (nSPS) is 12.3. The fourth-order valence-electron chi connectivity index (χ4n) is 1.36. The highest BCUT2D eigenvalue weighted by Gasteiger charge is 2.10. The number of rotatable bonds is 14. The molecule has 0 fully saturated rings. The summed E-state index contributed by atoms with van der Waals surface area (Å²) in [5.41, 5.74) is 10.6. The molecule has 162 valence electrons. The number of carboxylic acid groups (broad SMARTS) is 2. The molecule has 0 aliphatic carbocycles. The highest BCUT2D eigenvalue weighted by Crippen LogP contribution is 2.07. The van der Waals surface area contributed by atoms with E-state index in [1.165, 1.54) is 37.5 Å². The third-order valence-corrected chi connectivity index (χ3v) is 5.52. The second-order valence-corrected chi connectivity index (χ2v) is 8.60. The van der Waals surface area contributed by atoms with Crippen LogP contribution in [-0.2, 0) is 9.59 Å². The van der Waals surface area contributed by atoms with Crippen LogP contribution in [0.3, 0.4) is 0 Å². The lowest BCUT2D eigenvalue weighted by Gasteiger charge is -2.04.